The summed E-state index contributed by atoms with van der Waals surface area (Å²) in [5.74, 6) is 0.415. The lowest BCUT2D eigenvalue weighted by Crippen LogP contribution is -2.22. The van der Waals surface area contributed by atoms with E-state index in [4.69, 9.17) is 0 Å². The number of rotatable bonds is 4. The summed E-state index contributed by atoms with van der Waals surface area (Å²) in [5.41, 5.74) is 4.88. The van der Waals surface area contributed by atoms with Crippen molar-refractivity contribution in [3.8, 4) is 0 Å². The zero-order chi connectivity index (χ0) is 15.5. The molecule has 0 saturated carbocycles. The number of H-pyrrole nitrogens is 1. The normalized spacial score (nSPS) is 11.0. The summed E-state index contributed by atoms with van der Waals surface area (Å²) in [6.45, 7) is 4.78. The predicted octanol–water partition coefficient (Wildman–Crippen LogP) is 3.62. The Morgan fingerprint density at radius 1 is 1.18 bits per heavy atom. The highest BCUT2D eigenvalue weighted by Gasteiger charge is 2.07. The number of imidazole rings is 1. The first-order chi connectivity index (χ1) is 10.6. The molecule has 0 radical (unpaired) electrons. The van der Waals surface area contributed by atoms with Crippen LogP contribution in [0.4, 0.5) is 0 Å². The van der Waals surface area contributed by atoms with Crippen molar-refractivity contribution in [3.05, 3.63) is 65.5 Å². The number of benzene rings is 2. The van der Waals surface area contributed by atoms with Crippen LogP contribution in [-0.4, -0.2) is 15.9 Å². The molecule has 0 aliphatic heterocycles. The molecule has 0 saturated heterocycles. The van der Waals surface area contributed by atoms with E-state index in [0.29, 0.717) is 18.0 Å². The van der Waals surface area contributed by atoms with Crippen LogP contribution in [0.3, 0.4) is 0 Å². The quantitative estimate of drug-likeness (QED) is 0.772. The van der Waals surface area contributed by atoms with Crippen LogP contribution >= 0.6 is 0 Å². The molecule has 112 valence electrons. The summed E-state index contributed by atoms with van der Waals surface area (Å²) >= 11 is 0. The Morgan fingerprint density at radius 3 is 2.68 bits per heavy atom. The minimum absolute atomic E-state index is 0.0555. The first-order valence-electron chi connectivity index (χ1n) is 7.43. The van der Waals surface area contributed by atoms with E-state index in [1.165, 1.54) is 5.56 Å². The predicted molar refractivity (Wildman–Crippen MR) is 87.8 cm³/mol. The minimum Gasteiger partial charge on any atom is -0.348 e. The van der Waals surface area contributed by atoms with Crippen LogP contribution in [0.25, 0.3) is 11.0 Å². The lowest BCUT2D eigenvalue weighted by Gasteiger charge is -2.08. The van der Waals surface area contributed by atoms with Gasteiger partial charge in [0.05, 0.1) is 17.4 Å². The molecule has 4 heteroatoms. The van der Waals surface area contributed by atoms with Crippen molar-refractivity contribution in [2.24, 2.45) is 0 Å². The Morgan fingerprint density at radius 2 is 1.95 bits per heavy atom. The van der Waals surface area contributed by atoms with Gasteiger partial charge in [-0.3, -0.25) is 4.79 Å². The van der Waals surface area contributed by atoms with E-state index in [-0.39, 0.29) is 5.91 Å². The van der Waals surface area contributed by atoms with Gasteiger partial charge >= 0.3 is 0 Å². The molecule has 2 N–H and O–H groups in total. The lowest BCUT2D eigenvalue weighted by molar-refractivity contribution is 0.0951. The van der Waals surface area contributed by atoms with Crippen LogP contribution in [-0.2, 0) is 6.54 Å². The molecular weight excluding hydrogens is 274 g/mol. The maximum atomic E-state index is 12.2. The summed E-state index contributed by atoms with van der Waals surface area (Å²) in [6.07, 6.45) is 1.67. The average Bonchev–Trinajstić information content (AvgIpc) is 3.00. The second-order valence-electron chi connectivity index (χ2n) is 5.71. The molecule has 1 heterocycles. The first-order valence-corrected chi connectivity index (χ1v) is 7.43. The van der Waals surface area contributed by atoms with Crippen LogP contribution in [0, 0.1) is 0 Å². The van der Waals surface area contributed by atoms with Crippen molar-refractivity contribution in [2.45, 2.75) is 26.3 Å². The van der Waals surface area contributed by atoms with E-state index < -0.39 is 0 Å². The van der Waals surface area contributed by atoms with Gasteiger partial charge in [-0.05, 0) is 41.3 Å². The molecule has 3 aromatic rings. The van der Waals surface area contributed by atoms with Crippen LogP contribution in [0.15, 0.2) is 48.8 Å². The fourth-order valence-corrected chi connectivity index (χ4v) is 2.40. The third kappa shape index (κ3) is 3.01. The SMILES string of the molecule is CC(C)c1ccc(C(=O)NCc2ccc3nc[nH]c3c2)cc1. The number of hydrogen-bond donors (Lipinski definition) is 2. The standard InChI is InChI=1S/C18H19N3O/c1-12(2)14-4-6-15(7-5-14)18(22)19-10-13-3-8-16-17(9-13)21-11-20-16/h3-9,11-12H,10H2,1-2H3,(H,19,22)(H,20,21). The molecule has 22 heavy (non-hydrogen) atoms. The highest BCUT2D eigenvalue weighted by molar-refractivity contribution is 5.94. The van der Waals surface area contributed by atoms with E-state index in [1.54, 1.807) is 6.33 Å². The Hall–Kier alpha value is -2.62. The van der Waals surface area contributed by atoms with Crippen molar-refractivity contribution >= 4 is 16.9 Å². The van der Waals surface area contributed by atoms with Crippen molar-refractivity contribution in [1.82, 2.24) is 15.3 Å². The number of aromatic nitrogens is 2. The largest absolute Gasteiger partial charge is 0.348 e. The summed E-state index contributed by atoms with van der Waals surface area (Å²) in [4.78, 5) is 19.4. The van der Waals surface area contributed by atoms with Crippen molar-refractivity contribution < 1.29 is 4.79 Å². The Bertz CT molecular complexity index is 787. The molecule has 0 fully saturated rings. The van der Waals surface area contributed by atoms with Gasteiger partial charge in [0, 0.05) is 12.1 Å². The van der Waals surface area contributed by atoms with Gasteiger partial charge in [0.15, 0.2) is 0 Å². The Balaban J connectivity index is 1.66. The number of carbonyl (C=O) groups is 1. The second kappa shape index (κ2) is 6.02. The van der Waals surface area contributed by atoms with Gasteiger partial charge in [0.2, 0.25) is 0 Å². The fourth-order valence-electron chi connectivity index (χ4n) is 2.40. The van der Waals surface area contributed by atoms with Crippen molar-refractivity contribution in [3.63, 3.8) is 0 Å². The van der Waals surface area contributed by atoms with Gasteiger partial charge < -0.3 is 10.3 Å². The first kappa shape index (κ1) is 14.3. The van der Waals surface area contributed by atoms with Gasteiger partial charge in [-0.1, -0.05) is 32.0 Å². The maximum absolute atomic E-state index is 12.2. The molecular formula is C18H19N3O. The van der Waals surface area contributed by atoms with Crippen molar-refractivity contribution in [1.29, 1.82) is 0 Å². The van der Waals surface area contributed by atoms with E-state index >= 15 is 0 Å². The molecule has 0 unspecified atom stereocenters. The van der Waals surface area contributed by atoms with Gasteiger partial charge in [0.1, 0.15) is 0 Å². The van der Waals surface area contributed by atoms with Gasteiger partial charge in [-0.25, -0.2) is 4.98 Å². The molecule has 0 aliphatic rings. The summed E-state index contributed by atoms with van der Waals surface area (Å²) < 4.78 is 0. The zero-order valence-electron chi connectivity index (χ0n) is 12.8. The number of aromatic amines is 1. The number of nitrogens with one attached hydrogen (secondary N) is 2. The van der Waals surface area contributed by atoms with Crippen molar-refractivity contribution in [2.75, 3.05) is 0 Å². The van der Waals surface area contributed by atoms with E-state index in [9.17, 15) is 4.79 Å². The molecule has 2 aromatic carbocycles. The van der Waals surface area contributed by atoms with Crippen LogP contribution in [0.2, 0.25) is 0 Å². The van der Waals surface area contributed by atoms with Crippen LogP contribution in [0.5, 0.6) is 0 Å². The number of fused-ring (bicyclic) bond motifs is 1. The third-order valence-corrected chi connectivity index (χ3v) is 3.78. The summed E-state index contributed by atoms with van der Waals surface area (Å²) in [7, 11) is 0. The molecule has 1 amide bonds. The molecule has 0 bridgehead atoms. The highest BCUT2D eigenvalue weighted by atomic mass is 16.1. The fraction of sp³-hybridized carbons (Fsp3) is 0.222. The average molecular weight is 293 g/mol. The lowest BCUT2D eigenvalue weighted by atomic mass is 10.0. The molecule has 3 rings (SSSR count). The van der Waals surface area contributed by atoms with E-state index in [2.05, 4.69) is 29.1 Å². The summed E-state index contributed by atoms with van der Waals surface area (Å²) in [5, 5.41) is 2.95. The van der Waals surface area contributed by atoms with Gasteiger partial charge in [-0.2, -0.15) is 0 Å². The van der Waals surface area contributed by atoms with E-state index in [1.807, 2.05) is 42.5 Å². The maximum Gasteiger partial charge on any atom is 0.251 e. The number of amides is 1. The second-order valence-corrected chi connectivity index (χ2v) is 5.71. The number of hydrogen-bond acceptors (Lipinski definition) is 2. The molecule has 0 aliphatic carbocycles. The minimum atomic E-state index is -0.0555. The number of carbonyl (C=O) groups excluding carboxylic acids is 1. The monoisotopic (exact) mass is 293 g/mol. The highest BCUT2D eigenvalue weighted by Crippen LogP contribution is 2.15. The molecule has 0 spiro atoms. The molecule has 4 nitrogen and oxygen atoms in total. The topological polar surface area (TPSA) is 57.8 Å². The van der Waals surface area contributed by atoms with E-state index in [0.717, 1.165) is 16.6 Å². The molecule has 1 aromatic heterocycles. The summed E-state index contributed by atoms with van der Waals surface area (Å²) in [6, 6.07) is 13.7. The Kier molecular flexibility index (Phi) is 3.92. The third-order valence-electron chi connectivity index (χ3n) is 3.78. The number of nitrogens with zero attached hydrogens (tertiary/aromatic N) is 1. The molecule has 0 atom stereocenters. The van der Waals surface area contributed by atoms with Crippen LogP contribution < -0.4 is 5.32 Å². The zero-order valence-corrected chi connectivity index (χ0v) is 12.8. The van der Waals surface area contributed by atoms with Gasteiger partial charge in [0.25, 0.3) is 5.91 Å². The van der Waals surface area contributed by atoms with Crippen LogP contribution in [0.1, 0.15) is 41.3 Å². The Labute approximate surface area is 129 Å². The smallest absolute Gasteiger partial charge is 0.251 e. The van der Waals surface area contributed by atoms with Gasteiger partial charge in [-0.15, -0.1) is 0 Å².